The summed E-state index contributed by atoms with van der Waals surface area (Å²) in [6, 6.07) is 7.65. The Morgan fingerprint density at radius 1 is 1.08 bits per heavy atom. The molecule has 4 rings (SSSR count). The van der Waals surface area contributed by atoms with Crippen LogP contribution in [0.2, 0.25) is 5.02 Å². The zero-order valence-corrected chi connectivity index (χ0v) is 14.3. The van der Waals surface area contributed by atoms with Crippen LogP contribution in [0.5, 0.6) is 0 Å². The van der Waals surface area contributed by atoms with Gasteiger partial charge in [0.2, 0.25) is 0 Å². The molecule has 2 aromatic heterocycles. The summed E-state index contributed by atoms with van der Waals surface area (Å²) in [6.45, 7) is 7.35. The van der Waals surface area contributed by atoms with Crippen LogP contribution in [0.25, 0.3) is 16.7 Å². The van der Waals surface area contributed by atoms with E-state index in [4.69, 9.17) is 11.6 Å². The third-order valence-electron chi connectivity index (χ3n) is 4.54. The topological polar surface area (TPSA) is 50.1 Å². The fraction of sp³-hybridized carbons (Fsp3) is 0.353. The lowest BCUT2D eigenvalue weighted by molar-refractivity contribution is 0.271. The molecule has 124 valence electrons. The number of aromatic nitrogens is 4. The molecule has 0 spiro atoms. The second-order valence-electron chi connectivity index (χ2n) is 5.86. The number of nitrogens with zero attached hydrogens (tertiary/aromatic N) is 6. The van der Waals surface area contributed by atoms with Crippen LogP contribution in [-0.4, -0.2) is 57.4 Å². The molecule has 3 heterocycles. The van der Waals surface area contributed by atoms with E-state index in [0.717, 1.165) is 55.3 Å². The van der Waals surface area contributed by atoms with Gasteiger partial charge in [-0.25, -0.2) is 14.6 Å². The molecule has 0 unspecified atom stereocenters. The van der Waals surface area contributed by atoms with Gasteiger partial charge in [-0.1, -0.05) is 30.7 Å². The van der Waals surface area contributed by atoms with Gasteiger partial charge in [-0.05, 0) is 18.7 Å². The molecule has 1 aliphatic heterocycles. The molecule has 0 atom stereocenters. The summed E-state index contributed by atoms with van der Waals surface area (Å²) in [5.74, 6) is 0.953. The van der Waals surface area contributed by atoms with Crippen LogP contribution in [0.3, 0.4) is 0 Å². The summed E-state index contributed by atoms with van der Waals surface area (Å²) in [6.07, 6.45) is 3.44. The first-order chi connectivity index (χ1) is 11.8. The van der Waals surface area contributed by atoms with E-state index >= 15 is 0 Å². The first-order valence-corrected chi connectivity index (χ1v) is 8.56. The van der Waals surface area contributed by atoms with Gasteiger partial charge in [-0.3, -0.25) is 0 Å². The van der Waals surface area contributed by atoms with Gasteiger partial charge in [0.25, 0.3) is 0 Å². The summed E-state index contributed by atoms with van der Waals surface area (Å²) in [5, 5.41) is 6.12. The molecule has 1 aliphatic rings. The average molecular weight is 343 g/mol. The Hall–Kier alpha value is -2.18. The highest BCUT2D eigenvalue weighted by Gasteiger charge is 2.21. The molecule has 1 fully saturated rings. The zero-order valence-electron chi connectivity index (χ0n) is 13.6. The summed E-state index contributed by atoms with van der Waals surface area (Å²) in [4.78, 5) is 13.7. The Morgan fingerprint density at radius 2 is 1.88 bits per heavy atom. The highest BCUT2D eigenvalue weighted by Crippen LogP contribution is 2.27. The van der Waals surface area contributed by atoms with Gasteiger partial charge >= 0.3 is 0 Å². The standard InChI is InChI=1S/C17H19ClN6/c1-2-22-7-9-23(10-8-22)16-13-11-21-24(17(13)20-12-19-16)15-6-4-3-5-14(15)18/h3-6,11-12H,2,7-10H2,1H3. The number of hydrogen-bond acceptors (Lipinski definition) is 5. The largest absolute Gasteiger partial charge is 0.353 e. The van der Waals surface area contributed by atoms with E-state index in [1.54, 1.807) is 11.0 Å². The fourth-order valence-corrected chi connectivity index (χ4v) is 3.38. The van der Waals surface area contributed by atoms with Crippen LogP contribution in [0, 0.1) is 0 Å². The molecule has 7 heteroatoms. The molecular weight excluding hydrogens is 324 g/mol. The SMILES string of the molecule is CCN1CCN(c2ncnc3c2cnn3-c2ccccc2Cl)CC1. The molecule has 0 aliphatic carbocycles. The number of hydrogen-bond donors (Lipinski definition) is 0. The maximum atomic E-state index is 6.32. The van der Waals surface area contributed by atoms with Crippen LogP contribution >= 0.6 is 11.6 Å². The minimum Gasteiger partial charge on any atom is -0.353 e. The lowest BCUT2D eigenvalue weighted by Gasteiger charge is -2.34. The molecule has 6 nitrogen and oxygen atoms in total. The number of rotatable bonds is 3. The van der Waals surface area contributed by atoms with Crippen LogP contribution in [0.1, 0.15) is 6.92 Å². The second-order valence-corrected chi connectivity index (χ2v) is 6.27. The zero-order chi connectivity index (χ0) is 16.5. The third-order valence-corrected chi connectivity index (χ3v) is 4.86. The number of halogens is 1. The monoisotopic (exact) mass is 342 g/mol. The van der Waals surface area contributed by atoms with Crippen LogP contribution in [0.4, 0.5) is 5.82 Å². The van der Waals surface area contributed by atoms with E-state index < -0.39 is 0 Å². The van der Waals surface area contributed by atoms with E-state index in [2.05, 4.69) is 31.8 Å². The van der Waals surface area contributed by atoms with E-state index in [-0.39, 0.29) is 0 Å². The third kappa shape index (κ3) is 2.61. The average Bonchev–Trinajstić information content (AvgIpc) is 3.06. The molecule has 0 radical (unpaired) electrons. The van der Waals surface area contributed by atoms with Crippen molar-refractivity contribution >= 4 is 28.5 Å². The van der Waals surface area contributed by atoms with E-state index in [9.17, 15) is 0 Å². The lowest BCUT2D eigenvalue weighted by atomic mass is 10.2. The van der Waals surface area contributed by atoms with Gasteiger partial charge in [0.1, 0.15) is 12.1 Å². The first-order valence-electron chi connectivity index (χ1n) is 8.19. The Balaban J connectivity index is 1.74. The van der Waals surface area contributed by atoms with Gasteiger partial charge in [0, 0.05) is 26.2 Å². The van der Waals surface area contributed by atoms with Gasteiger partial charge in [0.15, 0.2) is 5.65 Å². The van der Waals surface area contributed by atoms with Gasteiger partial charge in [-0.2, -0.15) is 5.10 Å². The molecular formula is C17H19ClN6. The Labute approximate surface area is 145 Å². The number of likely N-dealkylation sites (N-methyl/N-ethyl adjacent to an activating group) is 1. The van der Waals surface area contributed by atoms with Crippen LogP contribution in [0.15, 0.2) is 36.8 Å². The molecule has 0 N–H and O–H groups in total. The summed E-state index contributed by atoms with van der Waals surface area (Å²) < 4.78 is 1.78. The number of piperazine rings is 1. The summed E-state index contributed by atoms with van der Waals surface area (Å²) in [5.41, 5.74) is 1.61. The lowest BCUT2D eigenvalue weighted by Crippen LogP contribution is -2.46. The maximum Gasteiger partial charge on any atom is 0.168 e. The van der Waals surface area contributed by atoms with Crippen molar-refractivity contribution in [2.75, 3.05) is 37.6 Å². The highest BCUT2D eigenvalue weighted by molar-refractivity contribution is 6.32. The maximum absolute atomic E-state index is 6.32. The normalized spacial score (nSPS) is 16.0. The van der Waals surface area contributed by atoms with E-state index in [1.165, 1.54) is 0 Å². The number of para-hydroxylation sites is 1. The van der Waals surface area contributed by atoms with Crippen molar-refractivity contribution in [2.45, 2.75) is 6.92 Å². The van der Waals surface area contributed by atoms with E-state index in [0.29, 0.717) is 5.02 Å². The Bertz CT molecular complexity index is 853. The van der Waals surface area contributed by atoms with Crippen LogP contribution in [-0.2, 0) is 0 Å². The Kier molecular flexibility index (Phi) is 4.08. The Morgan fingerprint density at radius 3 is 2.62 bits per heavy atom. The van der Waals surface area contributed by atoms with Crippen molar-refractivity contribution in [3.05, 3.63) is 41.8 Å². The van der Waals surface area contributed by atoms with Crippen molar-refractivity contribution < 1.29 is 0 Å². The second kappa shape index (κ2) is 6.37. The van der Waals surface area contributed by atoms with Crippen molar-refractivity contribution in [3.63, 3.8) is 0 Å². The highest BCUT2D eigenvalue weighted by atomic mass is 35.5. The first kappa shape index (κ1) is 15.4. The molecule has 0 bridgehead atoms. The van der Waals surface area contributed by atoms with E-state index in [1.807, 2.05) is 30.5 Å². The van der Waals surface area contributed by atoms with Crippen molar-refractivity contribution in [2.24, 2.45) is 0 Å². The molecule has 0 amide bonds. The predicted molar refractivity (Wildman–Crippen MR) is 96.0 cm³/mol. The van der Waals surface area contributed by atoms with Crippen molar-refractivity contribution in [3.8, 4) is 5.69 Å². The summed E-state index contributed by atoms with van der Waals surface area (Å²) in [7, 11) is 0. The molecule has 3 aromatic rings. The van der Waals surface area contributed by atoms with Crippen molar-refractivity contribution in [1.29, 1.82) is 0 Å². The van der Waals surface area contributed by atoms with Crippen molar-refractivity contribution in [1.82, 2.24) is 24.6 Å². The predicted octanol–water partition coefficient (Wildman–Crippen LogP) is 2.61. The number of fused-ring (bicyclic) bond motifs is 1. The fourth-order valence-electron chi connectivity index (χ4n) is 3.16. The molecule has 24 heavy (non-hydrogen) atoms. The quantitative estimate of drug-likeness (QED) is 0.732. The van der Waals surface area contributed by atoms with Gasteiger partial charge in [0.05, 0.1) is 22.3 Å². The smallest absolute Gasteiger partial charge is 0.168 e. The number of benzene rings is 1. The molecule has 1 aromatic carbocycles. The molecule has 0 saturated carbocycles. The van der Waals surface area contributed by atoms with Gasteiger partial charge < -0.3 is 9.80 Å². The summed E-state index contributed by atoms with van der Waals surface area (Å²) >= 11 is 6.32. The minimum absolute atomic E-state index is 0.652. The van der Waals surface area contributed by atoms with Crippen LogP contribution < -0.4 is 4.90 Å². The number of anilines is 1. The van der Waals surface area contributed by atoms with Gasteiger partial charge in [-0.15, -0.1) is 0 Å². The molecule has 1 saturated heterocycles. The minimum atomic E-state index is 0.652.